The molecule has 0 unspecified atom stereocenters. The van der Waals surface area contributed by atoms with Crippen LogP contribution in [-0.4, -0.2) is 36.4 Å². The third-order valence-corrected chi connectivity index (χ3v) is 5.06. The Morgan fingerprint density at radius 1 is 0.926 bits per heavy atom. The molecule has 0 amide bonds. The van der Waals surface area contributed by atoms with E-state index in [9.17, 15) is 13.2 Å². The van der Waals surface area contributed by atoms with Crippen molar-refractivity contribution in [2.45, 2.75) is 6.18 Å². The topological polar surface area (TPSA) is 32.3 Å². The number of halogens is 4. The van der Waals surface area contributed by atoms with Gasteiger partial charge in [-0.05, 0) is 24.3 Å². The molecule has 0 N–H and O–H groups in total. The van der Waals surface area contributed by atoms with Gasteiger partial charge in [0.15, 0.2) is 0 Å². The van der Waals surface area contributed by atoms with Crippen molar-refractivity contribution in [3.63, 3.8) is 0 Å². The van der Waals surface area contributed by atoms with Crippen molar-refractivity contribution < 1.29 is 13.2 Å². The second-order valence-electron chi connectivity index (χ2n) is 6.39. The van der Waals surface area contributed by atoms with Gasteiger partial charge in [0.05, 0.1) is 22.5 Å². The van der Waals surface area contributed by atoms with Gasteiger partial charge in [-0.25, -0.2) is 0 Å². The average Bonchev–Trinajstić information content (AvgIpc) is 2.68. The van der Waals surface area contributed by atoms with Crippen LogP contribution in [0.5, 0.6) is 0 Å². The molecule has 0 aliphatic carbocycles. The van der Waals surface area contributed by atoms with Crippen molar-refractivity contribution >= 4 is 33.9 Å². The fourth-order valence-electron chi connectivity index (χ4n) is 3.37. The molecular formula is C19H16ClF3N4. The first-order valence-electron chi connectivity index (χ1n) is 8.50. The summed E-state index contributed by atoms with van der Waals surface area (Å²) in [5, 5.41) is 9.62. The number of fused-ring (bicyclic) bond motifs is 1. The van der Waals surface area contributed by atoms with E-state index in [4.69, 9.17) is 11.6 Å². The third kappa shape index (κ3) is 3.51. The van der Waals surface area contributed by atoms with Crippen LogP contribution in [0.1, 0.15) is 5.56 Å². The van der Waals surface area contributed by atoms with Crippen LogP contribution >= 0.6 is 11.6 Å². The summed E-state index contributed by atoms with van der Waals surface area (Å²) >= 11 is 6.20. The molecule has 1 fully saturated rings. The summed E-state index contributed by atoms with van der Waals surface area (Å²) in [6.07, 6.45) is -2.63. The molecule has 2 aromatic carbocycles. The van der Waals surface area contributed by atoms with Crippen molar-refractivity contribution in [1.29, 1.82) is 0 Å². The summed E-state index contributed by atoms with van der Waals surface area (Å²) in [5.41, 5.74) is 1.55. The highest BCUT2D eigenvalue weighted by molar-refractivity contribution is 6.35. The zero-order valence-electron chi connectivity index (χ0n) is 14.2. The van der Waals surface area contributed by atoms with Crippen LogP contribution in [0.15, 0.2) is 48.7 Å². The second kappa shape index (κ2) is 6.88. The summed E-state index contributed by atoms with van der Waals surface area (Å²) in [5.74, 6) is 0. The molecule has 1 aliphatic rings. The first kappa shape index (κ1) is 17.9. The molecule has 1 saturated heterocycles. The molecule has 27 heavy (non-hydrogen) atoms. The first-order chi connectivity index (χ1) is 12.9. The molecule has 0 spiro atoms. The standard InChI is InChI=1S/C19H16ClF3N4/c20-16-6-2-5-15-17(12-24-25-18(15)16)27-9-7-26(8-10-27)14-4-1-3-13(11-14)19(21,22)23/h1-6,11-12H,7-10H2. The highest BCUT2D eigenvalue weighted by Gasteiger charge is 2.31. The van der Waals surface area contributed by atoms with Gasteiger partial charge in [-0.3, -0.25) is 0 Å². The summed E-state index contributed by atoms with van der Waals surface area (Å²) in [4.78, 5) is 4.13. The van der Waals surface area contributed by atoms with Crippen LogP contribution in [0.25, 0.3) is 10.9 Å². The number of hydrogen-bond acceptors (Lipinski definition) is 4. The number of nitrogens with zero attached hydrogens (tertiary/aromatic N) is 4. The van der Waals surface area contributed by atoms with Crippen LogP contribution in [0.3, 0.4) is 0 Å². The summed E-state index contributed by atoms with van der Waals surface area (Å²) in [7, 11) is 0. The van der Waals surface area contributed by atoms with Crippen LogP contribution in [-0.2, 0) is 6.18 Å². The Labute approximate surface area is 159 Å². The first-order valence-corrected chi connectivity index (χ1v) is 8.88. The Bertz CT molecular complexity index is 969. The lowest BCUT2D eigenvalue weighted by Crippen LogP contribution is -2.46. The van der Waals surface area contributed by atoms with E-state index in [1.54, 1.807) is 18.3 Å². The molecule has 4 nitrogen and oxygen atoms in total. The maximum absolute atomic E-state index is 12.9. The molecule has 1 aliphatic heterocycles. The zero-order chi connectivity index (χ0) is 19.0. The molecule has 0 bridgehead atoms. The Morgan fingerprint density at radius 2 is 1.63 bits per heavy atom. The fourth-order valence-corrected chi connectivity index (χ4v) is 3.58. The van der Waals surface area contributed by atoms with Crippen molar-refractivity contribution in [3.8, 4) is 0 Å². The SMILES string of the molecule is FC(F)(F)c1cccc(N2CCN(c3cnnc4c(Cl)cccc34)CC2)c1. The lowest BCUT2D eigenvalue weighted by atomic mass is 10.1. The third-order valence-electron chi connectivity index (χ3n) is 4.76. The molecule has 2 heterocycles. The van der Waals surface area contributed by atoms with Crippen molar-refractivity contribution in [1.82, 2.24) is 10.2 Å². The van der Waals surface area contributed by atoms with E-state index < -0.39 is 11.7 Å². The number of benzene rings is 2. The second-order valence-corrected chi connectivity index (χ2v) is 6.80. The van der Waals surface area contributed by atoms with Crippen molar-refractivity contribution in [2.24, 2.45) is 0 Å². The number of anilines is 2. The van der Waals surface area contributed by atoms with E-state index in [-0.39, 0.29) is 0 Å². The molecule has 1 aromatic heterocycles. The molecular weight excluding hydrogens is 377 g/mol. The van der Waals surface area contributed by atoms with Crippen LogP contribution in [0.4, 0.5) is 24.5 Å². The highest BCUT2D eigenvalue weighted by atomic mass is 35.5. The van der Waals surface area contributed by atoms with Gasteiger partial charge in [0, 0.05) is 37.3 Å². The Hall–Kier alpha value is -2.54. The van der Waals surface area contributed by atoms with Crippen molar-refractivity contribution in [2.75, 3.05) is 36.0 Å². The van der Waals surface area contributed by atoms with Gasteiger partial charge >= 0.3 is 6.18 Å². The summed E-state index contributed by atoms with van der Waals surface area (Å²) in [6, 6.07) is 11.1. The monoisotopic (exact) mass is 392 g/mol. The predicted octanol–water partition coefficient (Wildman–Crippen LogP) is 4.63. The maximum Gasteiger partial charge on any atom is 0.416 e. The lowest BCUT2D eigenvalue weighted by Gasteiger charge is -2.37. The van der Waals surface area contributed by atoms with Gasteiger partial charge in [0.2, 0.25) is 0 Å². The quantitative estimate of drug-likeness (QED) is 0.636. The zero-order valence-corrected chi connectivity index (χ0v) is 15.0. The van der Waals surface area contributed by atoms with E-state index in [0.29, 0.717) is 42.4 Å². The van der Waals surface area contributed by atoms with Crippen LogP contribution in [0.2, 0.25) is 5.02 Å². The minimum Gasteiger partial charge on any atom is -0.368 e. The summed E-state index contributed by atoms with van der Waals surface area (Å²) < 4.78 is 38.8. The van der Waals surface area contributed by atoms with Gasteiger partial charge in [0.1, 0.15) is 5.52 Å². The minimum atomic E-state index is -4.33. The molecule has 8 heteroatoms. The summed E-state index contributed by atoms with van der Waals surface area (Å²) in [6.45, 7) is 2.57. The molecule has 140 valence electrons. The Balaban J connectivity index is 1.54. The highest BCUT2D eigenvalue weighted by Crippen LogP contribution is 2.33. The van der Waals surface area contributed by atoms with E-state index in [1.165, 1.54) is 12.1 Å². The largest absolute Gasteiger partial charge is 0.416 e. The number of aromatic nitrogens is 2. The van der Waals surface area contributed by atoms with Crippen LogP contribution < -0.4 is 9.80 Å². The molecule has 0 atom stereocenters. The number of hydrogen-bond donors (Lipinski definition) is 0. The number of rotatable bonds is 2. The van der Waals surface area contributed by atoms with Crippen molar-refractivity contribution in [3.05, 3.63) is 59.2 Å². The Morgan fingerprint density at radius 3 is 2.37 bits per heavy atom. The van der Waals surface area contributed by atoms with E-state index >= 15 is 0 Å². The van der Waals surface area contributed by atoms with Crippen LogP contribution in [0, 0.1) is 0 Å². The lowest BCUT2D eigenvalue weighted by molar-refractivity contribution is -0.137. The van der Waals surface area contributed by atoms with Gasteiger partial charge in [-0.15, -0.1) is 5.10 Å². The van der Waals surface area contributed by atoms with Gasteiger partial charge in [-0.1, -0.05) is 29.8 Å². The predicted molar refractivity (Wildman–Crippen MR) is 100 cm³/mol. The van der Waals surface area contributed by atoms with E-state index in [1.807, 2.05) is 17.0 Å². The van der Waals surface area contributed by atoms with Gasteiger partial charge < -0.3 is 9.80 Å². The van der Waals surface area contributed by atoms with E-state index in [0.717, 1.165) is 17.1 Å². The average molecular weight is 393 g/mol. The smallest absolute Gasteiger partial charge is 0.368 e. The minimum absolute atomic E-state index is 0.546. The fraction of sp³-hybridized carbons (Fsp3) is 0.263. The maximum atomic E-state index is 12.9. The van der Waals surface area contributed by atoms with Gasteiger partial charge in [-0.2, -0.15) is 18.3 Å². The molecule has 0 saturated carbocycles. The normalized spacial score (nSPS) is 15.4. The Kier molecular flexibility index (Phi) is 4.55. The number of alkyl halides is 3. The van der Waals surface area contributed by atoms with E-state index in [2.05, 4.69) is 15.1 Å². The number of piperazine rings is 1. The molecule has 3 aromatic rings. The molecule has 4 rings (SSSR count). The molecule has 0 radical (unpaired) electrons. The van der Waals surface area contributed by atoms with Gasteiger partial charge in [0.25, 0.3) is 0 Å².